The van der Waals surface area contributed by atoms with Gasteiger partial charge in [-0.1, -0.05) is 195 Å². The van der Waals surface area contributed by atoms with Crippen molar-refractivity contribution in [1.82, 2.24) is 0 Å². The largest absolute Gasteiger partial charge is 0.433 e. The molecule has 0 unspecified atom stereocenters. The van der Waals surface area contributed by atoms with Crippen molar-refractivity contribution in [2.75, 3.05) is 0 Å². The third kappa shape index (κ3) is 14.8. The normalized spacial score (nSPS) is 13.5. The molecule has 0 amide bonds. The molecule has 0 fully saturated rings. The van der Waals surface area contributed by atoms with Crippen molar-refractivity contribution >= 4 is 107 Å². The van der Waals surface area contributed by atoms with Gasteiger partial charge in [0.25, 0.3) is 0 Å². The molecule has 0 radical (unpaired) electrons. The predicted octanol–water partition coefficient (Wildman–Crippen LogP) is 11.3. The van der Waals surface area contributed by atoms with Crippen LogP contribution >= 0.6 is 0 Å². The molecule has 6 aromatic rings. The highest BCUT2D eigenvalue weighted by Crippen LogP contribution is 2.33. The zero-order valence-electron chi connectivity index (χ0n) is 44.6. The van der Waals surface area contributed by atoms with Crippen LogP contribution in [-0.2, 0) is 24.7 Å². The summed E-state index contributed by atoms with van der Waals surface area (Å²) in [5, 5.41) is 7.05. The first-order valence-electron chi connectivity index (χ1n) is 25.6. The number of hydrogen-bond acceptors (Lipinski definition) is 6. The van der Waals surface area contributed by atoms with E-state index >= 15 is 0 Å². The standard InChI is InChI=1S/C55H82O6Si9/c1-14-45-63(4,5)58-69(52-37-25-17-26-38-52,53-39-27-18-28-40-53)59-66(10,11)48-49-67(12,13)61-70(54-41-29-19-30-42-54,55-43-31-20-32-44-55)60-65(8,9)47-46-64(6,7)57-68(56-62(2)3,50-33-21-15-22-34-50)51-35-23-16-24-36-51/h15-44,62H,14,45-49H2,1-13H3. The van der Waals surface area contributed by atoms with E-state index in [0.717, 1.165) is 47.0 Å². The fourth-order valence-corrected chi connectivity index (χ4v) is 53.0. The molecule has 0 atom stereocenters. The first-order chi connectivity index (χ1) is 33.1. The van der Waals surface area contributed by atoms with E-state index in [0.29, 0.717) is 0 Å². The van der Waals surface area contributed by atoms with Gasteiger partial charge in [-0.2, -0.15) is 0 Å². The number of benzene rings is 6. The van der Waals surface area contributed by atoms with Crippen LogP contribution in [0.1, 0.15) is 13.3 Å². The molecule has 0 bridgehead atoms. The summed E-state index contributed by atoms with van der Waals surface area (Å²) in [6.45, 7) is 30.8. The second-order valence-corrected chi connectivity index (χ2v) is 56.7. The molecule has 6 nitrogen and oxygen atoms in total. The van der Waals surface area contributed by atoms with Gasteiger partial charge in [0.1, 0.15) is 0 Å². The van der Waals surface area contributed by atoms with Crippen LogP contribution in [0.3, 0.4) is 0 Å². The molecule has 0 aliphatic carbocycles. The maximum Gasteiger partial charge on any atom is 0.386 e. The summed E-state index contributed by atoms with van der Waals surface area (Å²) in [7, 11) is -23.1. The van der Waals surface area contributed by atoms with Gasteiger partial charge in [-0.05, 0) is 140 Å². The first-order valence-corrected chi connectivity index (χ1v) is 49.4. The van der Waals surface area contributed by atoms with Crippen LogP contribution in [-0.4, -0.2) is 76.3 Å². The maximum atomic E-state index is 8.03. The van der Waals surface area contributed by atoms with Crippen LogP contribution in [0.5, 0.6) is 0 Å². The Morgan fingerprint density at radius 3 is 0.671 bits per heavy atom. The van der Waals surface area contributed by atoms with E-state index in [1.165, 1.54) is 20.7 Å². The van der Waals surface area contributed by atoms with Crippen LogP contribution in [0.15, 0.2) is 182 Å². The smallest absolute Gasteiger partial charge is 0.386 e. The molecule has 70 heavy (non-hydrogen) atoms. The van der Waals surface area contributed by atoms with Gasteiger partial charge in [-0.25, -0.2) is 0 Å². The lowest BCUT2D eigenvalue weighted by molar-refractivity contribution is 0.398. The van der Waals surface area contributed by atoms with Crippen LogP contribution in [0, 0.1) is 0 Å². The van der Waals surface area contributed by atoms with Gasteiger partial charge in [-0.15, -0.1) is 0 Å². The van der Waals surface area contributed by atoms with E-state index < -0.39 is 76.3 Å². The minimum absolute atomic E-state index is 0.939. The van der Waals surface area contributed by atoms with E-state index in [1.54, 1.807) is 0 Å². The quantitative estimate of drug-likeness (QED) is 0.0505. The van der Waals surface area contributed by atoms with E-state index in [9.17, 15) is 0 Å². The van der Waals surface area contributed by atoms with Gasteiger partial charge < -0.3 is 24.7 Å². The molecule has 374 valence electrons. The Morgan fingerprint density at radius 2 is 0.471 bits per heavy atom. The lowest BCUT2D eigenvalue weighted by atomic mass is 10.4. The van der Waals surface area contributed by atoms with Crippen molar-refractivity contribution < 1.29 is 24.7 Å². The number of hydrogen-bond donors (Lipinski definition) is 0. The SMILES string of the molecule is CCC[Si](C)(C)O[Si](O[Si](C)(C)CC[Si](C)(C)O[Si](O[Si](C)(C)CC[Si](C)(C)O[Si](O[SiH](C)C)(c1ccccc1)c1ccccc1)(c1ccccc1)c1ccccc1)(c1ccccc1)c1ccccc1. The van der Waals surface area contributed by atoms with Crippen molar-refractivity contribution in [3.8, 4) is 0 Å². The third-order valence-electron chi connectivity index (χ3n) is 12.9. The molecule has 6 rings (SSSR count). The highest BCUT2D eigenvalue weighted by Gasteiger charge is 2.54. The van der Waals surface area contributed by atoms with Gasteiger partial charge in [-0.3, -0.25) is 0 Å². The summed E-state index contributed by atoms with van der Waals surface area (Å²) < 4.78 is 46.5. The highest BCUT2D eigenvalue weighted by atomic mass is 28.5. The van der Waals surface area contributed by atoms with E-state index in [-0.39, 0.29) is 0 Å². The molecule has 0 saturated heterocycles. The Balaban J connectivity index is 1.33. The molecular weight excluding hydrogens is 1010 g/mol. The average Bonchev–Trinajstić information content (AvgIpc) is 3.33. The molecule has 0 N–H and O–H groups in total. The third-order valence-corrected chi connectivity index (χ3v) is 48.0. The topological polar surface area (TPSA) is 55.4 Å². The molecule has 0 aromatic heterocycles. The van der Waals surface area contributed by atoms with Gasteiger partial charge in [0.15, 0.2) is 50.6 Å². The summed E-state index contributed by atoms with van der Waals surface area (Å²) in [5.41, 5.74) is 0. The molecule has 0 saturated carbocycles. The first kappa shape index (κ1) is 56.3. The van der Waals surface area contributed by atoms with E-state index in [4.69, 9.17) is 24.7 Å². The fourth-order valence-electron chi connectivity index (χ4n) is 9.58. The molecule has 0 aliphatic rings. The second kappa shape index (κ2) is 23.9. The molecule has 6 aromatic carbocycles. The summed E-state index contributed by atoms with van der Waals surface area (Å²) >= 11 is 0. The van der Waals surface area contributed by atoms with Crippen LogP contribution < -0.4 is 31.1 Å². The van der Waals surface area contributed by atoms with Crippen LogP contribution in [0.25, 0.3) is 0 Å². The summed E-state index contributed by atoms with van der Waals surface area (Å²) in [6, 6.07) is 70.0. The van der Waals surface area contributed by atoms with Gasteiger partial charge in [0, 0.05) is 0 Å². The van der Waals surface area contributed by atoms with Gasteiger partial charge in [0.05, 0.1) is 0 Å². The van der Waals surface area contributed by atoms with Crippen molar-refractivity contribution in [3.05, 3.63) is 182 Å². The predicted molar refractivity (Wildman–Crippen MR) is 321 cm³/mol. The Kier molecular flexibility index (Phi) is 19.3. The van der Waals surface area contributed by atoms with Crippen molar-refractivity contribution in [2.45, 2.75) is 122 Å². The molecule has 0 spiro atoms. The Bertz CT molecular complexity index is 2370. The summed E-state index contributed by atoms with van der Waals surface area (Å²) in [5.74, 6) is 0. The summed E-state index contributed by atoms with van der Waals surface area (Å²) in [6.07, 6.45) is 1.09. The zero-order valence-corrected chi connectivity index (χ0v) is 53.7. The minimum atomic E-state index is -3.33. The molecular formula is C55H82O6Si9. The van der Waals surface area contributed by atoms with E-state index in [1.807, 2.05) is 0 Å². The molecule has 0 aliphatic heterocycles. The average molecular weight is 1090 g/mol. The lowest BCUT2D eigenvalue weighted by Gasteiger charge is -2.45. The second-order valence-electron chi connectivity index (χ2n) is 22.3. The highest BCUT2D eigenvalue weighted by molar-refractivity contribution is 7.04. The fraction of sp³-hybridized carbons (Fsp3) is 0.345. The number of rotatable bonds is 26. The van der Waals surface area contributed by atoms with Crippen LogP contribution in [0.2, 0.25) is 109 Å². The van der Waals surface area contributed by atoms with Gasteiger partial charge in [0.2, 0.25) is 0 Å². The maximum absolute atomic E-state index is 8.03. The molecule has 0 heterocycles. The minimum Gasteiger partial charge on any atom is -0.433 e. The molecule has 15 heteroatoms. The zero-order chi connectivity index (χ0) is 50.7. The van der Waals surface area contributed by atoms with Crippen molar-refractivity contribution in [2.24, 2.45) is 0 Å². The van der Waals surface area contributed by atoms with Crippen molar-refractivity contribution in [1.29, 1.82) is 0 Å². The van der Waals surface area contributed by atoms with Crippen molar-refractivity contribution in [3.63, 3.8) is 0 Å². The van der Waals surface area contributed by atoms with Crippen LogP contribution in [0.4, 0.5) is 0 Å². The Morgan fingerprint density at radius 1 is 0.286 bits per heavy atom. The lowest BCUT2D eigenvalue weighted by Crippen LogP contribution is -2.71. The Hall–Kier alpha value is -2.97. The van der Waals surface area contributed by atoms with Gasteiger partial charge >= 0.3 is 25.7 Å². The summed E-state index contributed by atoms with van der Waals surface area (Å²) in [4.78, 5) is 0. The monoisotopic (exact) mass is 1090 g/mol. The van der Waals surface area contributed by atoms with E-state index in [2.05, 4.69) is 267 Å². The Labute approximate surface area is 433 Å².